The molecule has 0 unspecified atom stereocenters. The number of carbonyl (C=O) groups excluding carboxylic acids is 1. The van der Waals surface area contributed by atoms with Crippen LogP contribution in [0.25, 0.3) is 11.0 Å². The first kappa shape index (κ1) is 13.6. The number of imidazole rings is 1. The Morgan fingerprint density at radius 2 is 2.16 bits per heavy atom. The maximum Gasteiger partial charge on any atom is 0.251 e. The third-order valence-corrected chi connectivity index (χ3v) is 3.23. The number of hydrogen-bond acceptors (Lipinski definition) is 2. The maximum absolute atomic E-state index is 11.9. The number of benzene rings is 1. The summed E-state index contributed by atoms with van der Waals surface area (Å²) in [6.07, 6.45) is 0.940. The van der Waals surface area contributed by atoms with Crippen LogP contribution in [0.15, 0.2) is 18.2 Å². The lowest BCUT2D eigenvalue weighted by Gasteiger charge is -2.05. The molecule has 19 heavy (non-hydrogen) atoms. The van der Waals surface area contributed by atoms with E-state index in [2.05, 4.69) is 28.7 Å². The van der Waals surface area contributed by atoms with Gasteiger partial charge in [-0.3, -0.25) is 4.79 Å². The van der Waals surface area contributed by atoms with Gasteiger partial charge in [0, 0.05) is 25.1 Å². The highest BCUT2D eigenvalue weighted by atomic mass is 16.1. The average molecular weight is 259 g/mol. The first-order chi connectivity index (χ1) is 9.04. The van der Waals surface area contributed by atoms with E-state index in [-0.39, 0.29) is 5.91 Å². The number of rotatable bonds is 4. The van der Waals surface area contributed by atoms with E-state index < -0.39 is 0 Å². The molecule has 0 spiro atoms. The molecule has 0 saturated heterocycles. The lowest BCUT2D eigenvalue weighted by Crippen LogP contribution is -2.23. The summed E-state index contributed by atoms with van der Waals surface area (Å²) in [4.78, 5) is 16.5. The Morgan fingerprint density at radius 1 is 1.42 bits per heavy atom. The van der Waals surface area contributed by atoms with Gasteiger partial charge < -0.3 is 9.88 Å². The molecule has 0 aliphatic carbocycles. The summed E-state index contributed by atoms with van der Waals surface area (Å²) in [5.41, 5.74) is 2.63. The molecule has 102 valence electrons. The van der Waals surface area contributed by atoms with Gasteiger partial charge in [-0.1, -0.05) is 20.8 Å². The van der Waals surface area contributed by atoms with Crippen LogP contribution in [0.3, 0.4) is 0 Å². The standard InChI is InChI=1S/C15H21N3O/c1-5-8-16-15(19)11-6-7-13-12(9-11)17-14(10(2)3)18(13)4/h6-7,9-10H,5,8H2,1-4H3,(H,16,19). The van der Waals surface area contributed by atoms with Gasteiger partial charge >= 0.3 is 0 Å². The average Bonchev–Trinajstić information content (AvgIpc) is 2.73. The number of aromatic nitrogens is 2. The molecule has 4 nitrogen and oxygen atoms in total. The zero-order chi connectivity index (χ0) is 14.0. The minimum absolute atomic E-state index is 0.0273. The second-order valence-electron chi connectivity index (χ2n) is 5.14. The molecule has 2 rings (SSSR count). The minimum Gasteiger partial charge on any atom is -0.352 e. The normalized spacial score (nSPS) is 11.2. The SMILES string of the molecule is CCCNC(=O)c1ccc2c(c1)nc(C(C)C)n2C. The summed E-state index contributed by atoms with van der Waals surface area (Å²) < 4.78 is 2.09. The third kappa shape index (κ3) is 2.62. The summed E-state index contributed by atoms with van der Waals surface area (Å²) in [5, 5.41) is 2.88. The number of nitrogens with one attached hydrogen (secondary N) is 1. The molecule has 4 heteroatoms. The van der Waals surface area contributed by atoms with E-state index in [0.717, 1.165) is 23.3 Å². The number of amides is 1. The molecule has 0 aliphatic rings. The van der Waals surface area contributed by atoms with Crippen molar-refractivity contribution in [2.75, 3.05) is 6.54 Å². The molecule has 0 fully saturated rings. The van der Waals surface area contributed by atoms with Crippen molar-refractivity contribution in [3.8, 4) is 0 Å². The first-order valence-corrected chi connectivity index (χ1v) is 6.79. The Labute approximate surface area is 113 Å². The van der Waals surface area contributed by atoms with Crippen molar-refractivity contribution >= 4 is 16.9 Å². The predicted octanol–water partition coefficient (Wildman–Crippen LogP) is 2.84. The van der Waals surface area contributed by atoms with Crippen LogP contribution in [0.1, 0.15) is 49.3 Å². The monoisotopic (exact) mass is 259 g/mol. The summed E-state index contributed by atoms with van der Waals surface area (Å²) in [5.74, 6) is 1.39. The van der Waals surface area contributed by atoms with Crippen molar-refractivity contribution in [3.63, 3.8) is 0 Å². The van der Waals surface area contributed by atoms with Gasteiger partial charge in [-0.2, -0.15) is 0 Å². The van der Waals surface area contributed by atoms with E-state index in [1.54, 1.807) is 0 Å². The summed E-state index contributed by atoms with van der Waals surface area (Å²) in [7, 11) is 2.02. The zero-order valence-corrected chi connectivity index (χ0v) is 12.0. The van der Waals surface area contributed by atoms with E-state index in [1.165, 1.54) is 0 Å². The molecule has 1 aromatic carbocycles. The molecule has 1 N–H and O–H groups in total. The number of carbonyl (C=O) groups is 1. The van der Waals surface area contributed by atoms with Crippen molar-refractivity contribution in [2.24, 2.45) is 7.05 Å². The second-order valence-corrected chi connectivity index (χ2v) is 5.14. The molecule has 2 aromatic rings. The number of aryl methyl sites for hydroxylation is 1. The van der Waals surface area contributed by atoms with Crippen molar-refractivity contribution in [1.82, 2.24) is 14.9 Å². The summed E-state index contributed by atoms with van der Waals surface area (Å²) in [6.45, 7) is 6.99. The fourth-order valence-corrected chi connectivity index (χ4v) is 2.22. The van der Waals surface area contributed by atoms with Crippen LogP contribution in [-0.4, -0.2) is 22.0 Å². The Bertz CT molecular complexity index is 599. The van der Waals surface area contributed by atoms with Gasteiger partial charge in [0.15, 0.2) is 0 Å². The molecule has 0 bridgehead atoms. The highest BCUT2D eigenvalue weighted by Gasteiger charge is 2.13. The fourth-order valence-electron chi connectivity index (χ4n) is 2.22. The van der Waals surface area contributed by atoms with Crippen molar-refractivity contribution < 1.29 is 4.79 Å². The van der Waals surface area contributed by atoms with E-state index in [4.69, 9.17) is 0 Å². The Kier molecular flexibility index (Phi) is 3.88. The lowest BCUT2D eigenvalue weighted by atomic mass is 10.2. The van der Waals surface area contributed by atoms with Crippen LogP contribution in [0.5, 0.6) is 0 Å². The van der Waals surface area contributed by atoms with Gasteiger partial charge in [0.1, 0.15) is 5.82 Å². The maximum atomic E-state index is 11.9. The molecular weight excluding hydrogens is 238 g/mol. The minimum atomic E-state index is -0.0273. The van der Waals surface area contributed by atoms with Gasteiger partial charge in [0.25, 0.3) is 5.91 Å². The van der Waals surface area contributed by atoms with Gasteiger partial charge in [-0.25, -0.2) is 4.98 Å². The van der Waals surface area contributed by atoms with Crippen molar-refractivity contribution in [2.45, 2.75) is 33.1 Å². The zero-order valence-electron chi connectivity index (χ0n) is 12.0. The smallest absolute Gasteiger partial charge is 0.251 e. The van der Waals surface area contributed by atoms with Crippen LogP contribution in [0.4, 0.5) is 0 Å². The predicted molar refractivity (Wildman–Crippen MR) is 77.4 cm³/mol. The molecule has 0 aliphatic heterocycles. The van der Waals surface area contributed by atoms with Crippen molar-refractivity contribution in [1.29, 1.82) is 0 Å². The van der Waals surface area contributed by atoms with Gasteiger partial charge in [0.05, 0.1) is 11.0 Å². The Morgan fingerprint density at radius 3 is 2.79 bits per heavy atom. The number of fused-ring (bicyclic) bond motifs is 1. The number of hydrogen-bond donors (Lipinski definition) is 1. The van der Waals surface area contributed by atoms with E-state index >= 15 is 0 Å². The van der Waals surface area contributed by atoms with Crippen LogP contribution in [0, 0.1) is 0 Å². The van der Waals surface area contributed by atoms with Crippen LogP contribution >= 0.6 is 0 Å². The quantitative estimate of drug-likeness (QED) is 0.917. The Hall–Kier alpha value is -1.84. The van der Waals surface area contributed by atoms with Gasteiger partial charge in [0.2, 0.25) is 0 Å². The van der Waals surface area contributed by atoms with Gasteiger partial charge in [-0.05, 0) is 24.6 Å². The van der Waals surface area contributed by atoms with E-state index in [9.17, 15) is 4.79 Å². The third-order valence-electron chi connectivity index (χ3n) is 3.23. The van der Waals surface area contributed by atoms with E-state index in [0.29, 0.717) is 18.0 Å². The molecule has 1 heterocycles. The molecule has 0 radical (unpaired) electrons. The lowest BCUT2D eigenvalue weighted by molar-refractivity contribution is 0.0954. The molecule has 0 saturated carbocycles. The molecule has 0 atom stereocenters. The second kappa shape index (κ2) is 5.43. The number of nitrogens with zero attached hydrogens (tertiary/aromatic N) is 2. The highest BCUT2D eigenvalue weighted by Crippen LogP contribution is 2.21. The fraction of sp³-hybridized carbons (Fsp3) is 0.467. The van der Waals surface area contributed by atoms with E-state index in [1.807, 2.05) is 32.2 Å². The molecule has 1 amide bonds. The Balaban J connectivity index is 2.38. The van der Waals surface area contributed by atoms with Crippen LogP contribution in [-0.2, 0) is 7.05 Å². The largest absolute Gasteiger partial charge is 0.352 e. The van der Waals surface area contributed by atoms with Crippen LogP contribution < -0.4 is 5.32 Å². The van der Waals surface area contributed by atoms with Crippen LogP contribution in [0.2, 0.25) is 0 Å². The first-order valence-electron chi connectivity index (χ1n) is 6.79. The topological polar surface area (TPSA) is 46.9 Å². The summed E-state index contributed by atoms with van der Waals surface area (Å²) in [6, 6.07) is 5.69. The van der Waals surface area contributed by atoms with Crippen molar-refractivity contribution in [3.05, 3.63) is 29.6 Å². The summed E-state index contributed by atoms with van der Waals surface area (Å²) >= 11 is 0. The molecular formula is C15H21N3O. The molecule has 1 aromatic heterocycles. The highest BCUT2D eigenvalue weighted by molar-refractivity contribution is 5.97. The van der Waals surface area contributed by atoms with Gasteiger partial charge in [-0.15, -0.1) is 0 Å².